The van der Waals surface area contributed by atoms with Gasteiger partial charge in [0, 0.05) is 28.5 Å². The van der Waals surface area contributed by atoms with Crippen molar-refractivity contribution in [3.63, 3.8) is 0 Å². The number of hydrogen-bond donors (Lipinski definition) is 1. The van der Waals surface area contributed by atoms with Crippen molar-refractivity contribution >= 4 is 30.3 Å². The van der Waals surface area contributed by atoms with Crippen molar-refractivity contribution < 1.29 is 4.79 Å². The Labute approximate surface area is 125 Å². The topological polar surface area (TPSA) is 20.3 Å². The maximum atomic E-state index is 12.3. The Bertz CT molecular complexity index is 442. The first-order valence-electron chi connectivity index (χ1n) is 6.66. The molecule has 0 unspecified atom stereocenters. The zero-order chi connectivity index (χ0) is 13.9. The van der Waals surface area contributed by atoms with Gasteiger partial charge in [0.15, 0.2) is 0 Å². The molecule has 1 amide bonds. The molecule has 4 heteroatoms. The van der Waals surface area contributed by atoms with E-state index in [2.05, 4.69) is 26.5 Å². The molecule has 1 aliphatic rings. The molecule has 1 fully saturated rings. The fourth-order valence-electron chi connectivity index (χ4n) is 2.17. The Morgan fingerprint density at radius 1 is 1.32 bits per heavy atom. The van der Waals surface area contributed by atoms with Gasteiger partial charge >= 0.3 is 0 Å². The Kier molecular flexibility index (Phi) is 4.85. The summed E-state index contributed by atoms with van der Waals surface area (Å²) in [6.45, 7) is 6.27. The summed E-state index contributed by atoms with van der Waals surface area (Å²) in [7, 11) is 0. The summed E-state index contributed by atoms with van der Waals surface area (Å²) >= 11 is 6.23. The number of rotatable bonds is 2. The lowest BCUT2D eigenvalue weighted by atomic mass is 10.1. The van der Waals surface area contributed by atoms with E-state index < -0.39 is 0 Å². The van der Waals surface area contributed by atoms with Crippen LogP contribution in [0.1, 0.15) is 25.8 Å². The molecule has 2 nitrogen and oxygen atoms in total. The predicted molar refractivity (Wildman–Crippen MR) is 85.1 cm³/mol. The van der Waals surface area contributed by atoms with Crippen molar-refractivity contribution in [3.05, 3.63) is 29.8 Å². The molecule has 104 valence electrons. The first-order chi connectivity index (χ1) is 8.96. The van der Waals surface area contributed by atoms with Gasteiger partial charge in [0.1, 0.15) is 0 Å². The third-order valence-electron chi connectivity index (χ3n) is 3.48. The standard InChI is InChI=1S/C15H21NOS2/c1-15(2)7-8-16(9-10-19-15)14(17)11-12-3-5-13(18)6-4-12/h3-6,18H,7-11H2,1-2H3. The van der Waals surface area contributed by atoms with E-state index in [1.807, 2.05) is 40.9 Å². The number of thiol groups is 1. The van der Waals surface area contributed by atoms with Crippen LogP contribution in [0.25, 0.3) is 0 Å². The van der Waals surface area contributed by atoms with Gasteiger partial charge < -0.3 is 4.90 Å². The average molecular weight is 295 g/mol. The van der Waals surface area contributed by atoms with Crippen molar-refractivity contribution in [2.24, 2.45) is 0 Å². The molecule has 2 rings (SSSR count). The van der Waals surface area contributed by atoms with Gasteiger partial charge in [0.25, 0.3) is 0 Å². The van der Waals surface area contributed by atoms with Crippen LogP contribution in [0.4, 0.5) is 0 Å². The van der Waals surface area contributed by atoms with E-state index in [1.54, 1.807) is 0 Å². The summed E-state index contributed by atoms with van der Waals surface area (Å²) in [5.41, 5.74) is 1.07. The van der Waals surface area contributed by atoms with Crippen LogP contribution < -0.4 is 0 Å². The molecular weight excluding hydrogens is 274 g/mol. The Morgan fingerprint density at radius 3 is 2.68 bits per heavy atom. The largest absolute Gasteiger partial charge is 0.342 e. The molecule has 0 atom stereocenters. The van der Waals surface area contributed by atoms with E-state index >= 15 is 0 Å². The number of carbonyl (C=O) groups excluding carboxylic acids is 1. The molecule has 0 aliphatic carbocycles. The first kappa shape index (κ1) is 14.8. The van der Waals surface area contributed by atoms with Crippen LogP contribution >= 0.6 is 24.4 Å². The highest BCUT2D eigenvalue weighted by atomic mass is 32.2. The van der Waals surface area contributed by atoms with E-state index in [-0.39, 0.29) is 5.91 Å². The molecule has 1 aromatic carbocycles. The van der Waals surface area contributed by atoms with Crippen molar-refractivity contribution in [1.29, 1.82) is 0 Å². The normalized spacial score (nSPS) is 19.0. The van der Waals surface area contributed by atoms with Crippen LogP contribution in [-0.2, 0) is 11.2 Å². The summed E-state index contributed by atoms with van der Waals surface area (Å²) < 4.78 is 0.294. The third kappa shape index (κ3) is 4.46. The van der Waals surface area contributed by atoms with Crippen molar-refractivity contribution in [1.82, 2.24) is 4.90 Å². The highest BCUT2D eigenvalue weighted by Gasteiger charge is 2.25. The molecule has 1 aromatic rings. The monoisotopic (exact) mass is 295 g/mol. The lowest BCUT2D eigenvalue weighted by Crippen LogP contribution is -2.34. The molecule has 0 radical (unpaired) electrons. The maximum absolute atomic E-state index is 12.3. The molecule has 1 heterocycles. The van der Waals surface area contributed by atoms with Crippen molar-refractivity contribution in [3.8, 4) is 0 Å². The van der Waals surface area contributed by atoms with E-state index in [9.17, 15) is 4.79 Å². The molecule has 0 bridgehead atoms. The summed E-state index contributed by atoms with van der Waals surface area (Å²) in [5, 5.41) is 0. The van der Waals surface area contributed by atoms with Gasteiger partial charge in [0.2, 0.25) is 5.91 Å². The van der Waals surface area contributed by atoms with Gasteiger partial charge in [-0.3, -0.25) is 4.79 Å². The molecular formula is C15H21NOS2. The molecule has 19 heavy (non-hydrogen) atoms. The zero-order valence-corrected chi connectivity index (χ0v) is 13.3. The Balaban J connectivity index is 1.94. The first-order valence-corrected chi connectivity index (χ1v) is 8.09. The number of carbonyl (C=O) groups is 1. The van der Waals surface area contributed by atoms with Crippen LogP contribution in [0.5, 0.6) is 0 Å². The third-order valence-corrected chi connectivity index (χ3v) is 5.15. The van der Waals surface area contributed by atoms with E-state index in [1.165, 1.54) is 0 Å². The molecule has 0 N–H and O–H groups in total. The van der Waals surface area contributed by atoms with E-state index in [4.69, 9.17) is 0 Å². The fraction of sp³-hybridized carbons (Fsp3) is 0.533. The molecule has 1 saturated heterocycles. The summed E-state index contributed by atoms with van der Waals surface area (Å²) in [6.07, 6.45) is 1.57. The lowest BCUT2D eigenvalue weighted by molar-refractivity contribution is -0.130. The fourth-order valence-corrected chi connectivity index (χ4v) is 3.42. The van der Waals surface area contributed by atoms with Crippen LogP contribution in [0.15, 0.2) is 29.2 Å². The number of hydrogen-bond acceptors (Lipinski definition) is 3. The van der Waals surface area contributed by atoms with Gasteiger partial charge in [-0.15, -0.1) is 12.6 Å². The minimum atomic E-state index is 0.241. The molecule has 0 spiro atoms. The molecule has 0 saturated carbocycles. The minimum Gasteiger partial charge on any atom is -0.342 e. The van der Waals surface area contributed by atoms with Gasteiger partial charge in [-0.2, -0.15) is 11.8 Å². The quantitative estimate of drug-likeness (QED) is 0.845. The number of amides is 1. The summed E-state index contributed by atoms with van der Waals surface area (Å²) in [4.78, 5) is 15.3. The van der Waals surface area contributed by atoms with Crippen LogP contribution in [-0.4, -0.2) is 34.4 Å². The maximum Gasteiger partial charge on any atom is 0.227 e. The van der Waals surface area contributed by atoms with Crippen molar-refractivity contribution in [2.45, 2.75) is 36.3 Å². The van der Waals surface area contributed by atoms with Crippen LogP contribution in [0.2, 0.25) is 0 Å². The SMILES string of the molecule is CC1(C)CCN(C(=O)Cc2ccc(S)cc2)CCS1. The number of benzene rings is 1. The summed E-state index contributed by atoms with van der Waals surface area (Å²) in [6, 6.07) is 7.84. The van der Waals surface area contributed by atoms with Crippen LogP contribution in [0.3, 0.4) is 0 Å². The average Bonchev–Trinajstić information content (AvgIpc) is 2.53. The van der Waals surface area contributed by atoms with Gasteiger partial charge in [-0.25, -0.2) is 0 Å². The Hall–Kier alpha value is -0.610. The van der Waals surface area contributed by atoms with E-state index in [0.717, 1.165) is 35.7 Å². The van der Waals surface area contributed by atoms with E-state index in [0.29, 0.717) is 11.2 Å². The second-order valence-corrected chi connectivity index (χ2v) is 7.90. The highest BCUT2D eigenvalue weighted by molar-refractivity contribution is 8.00. The second kappa shape index (κ2) is 6.23. The molecule has 1 aliphatic heterocycles. The zero-order valence-electron chi connectivity index (χ0n) is 11.6. The van der Waals surface area contributed by atoms with Gasteiger partial charge in [-0.05, 0) is 24.1 Å². The lowest BCUT2D eigenvalue weighted by Gasteiger charge is -2.22. The van der Waals surface area contributed by atoms with Crippen molar-refractivity contribution in [2.75, 3.05) is 18.8 Å². The Morgan fingerprint density at radius 2 is 2.00 bits per heavy atom. The second-order valence-electron chi connectivity index (χ2n) is 5.58. The van der Waals surface area contributed by atoms with Gasteiger partial charge in [0.05, 0.1) is 6.42 Å². The number of nitrogens with zero attached hydrogens (tertiary/aromatic N) is 1. The minimum absolute atomic E-state index is 0.241. The summed E-state index contributed by atoms with van der Waals surface area (Å²) in [5.74, 6) is 1.28. The highest BCUT2D eigenvalue weighted by Crippen LogP contribution is 2.30. The predicted octanol–water partition coefficient (Wildman–Crippen LogP) is 3.26. The van der Waals surface area contributed by atoms with Gasteiger partial charge in [-0.1, -0.05) is 26.0 Å². The number of thioether (sulfide) groups is 1. The smallest absolute Gasteiger partial charge is 0.227 e. The van der Waals surface area contributed by atoms with Crippen LogP contribution in [0, 0.1) is 0 Å². The molecule has 0 aromatic heterocycles.